The normalized spacial score (nSPS) is 9.94. The van der Waals surface area contributed by atoms with E-state index < -0.39 is 0 Å². The number of anilines is 1. The number of thioether (sulfide) groups is 1. The summed E-state index contributed by atoms with van der Waals surface area (Å²) in [7, 11) is 0. The Morgan fingerprint density at radius 2 is 2.29 bits per heavy atom. The number of hydrogen-bond donors (Lipinski definition) is 1. The van der Waals surface area contributed by atoms with Gasteiger partial charge >= 0.3 is 5.97 Å². The number of benzene rings is 1. The summed E-state index contributed by atoms with van der Waals surface area (Å²) in [5.74, 6) is 1.21. The summed E-state index contributed by atoms with van der Waals surface area (Å²) >= 11 is 1.73. The number of ether oxygens (including phenoxy) is 2. The van der Waals surface area contributed by atoms with Crippen molar-refractivity contribution in [1.29, 1.82) is 0 Å². The fraction of sp³-hybridized carbons (Fsp3) is 0.417. The van der Waals surface area contributed by atoms with E-state index in [4.69, 9.17) is 15.2 Å². The quantitative estimate of drug-likeness (QED) is 0.458. The Morgan fingerprint density at radius 1 is 1.47 bits per heavy atom. The smallest absolute Gasteiger partial charge is 0.344 e. The van der Waals surface area contributed by atoms with Crippen LogP contribution in [0.2, 0.25) is 0 Å². The van der Waals surface area contributed by atoms with Crippen LogP contribution in [0, 0.1) is 0 Å². The zero-order valence-corrected chi connectivity index (χ0v) is 10.7. The molecule has 5 heteroatoms. The van der Waals surface area contributed by atoms with Gasteiger partial charge in [0, 0.05) is 11.8 Å². The maximum absolute atomic E-state index is 11.3. The van der Waals surface area contributed by atoms with E-state index in [0.29, 0.717) is 18.0 Å². The van der Waals surface area contributed by atoms with Crippen LogP contribution in [0.25, 0.3) is 0 Å². The van der Waals surface area contributed by atoms with Gasteiger partial charge in [0.1, 0.15) is 5.75 Å². The van der Waals surface area contributed by atoms with E-state index in [0.717, 1.165) is 12.2 Å². The van der Waals surface area contributed by atoms with Gasteiger partial charge in [-0.15, -0.1) is 0 Å². The molecular formula is C12H17NO3S. The zero-order chi connectivity index (χ0) is 12.5. The van der Waals surface area contributed by atoms with E-state index in [1.54, 1.807) is 36.0 Å². The van der Waals surface area contributed by atoms with Crippen molar-refractivity contribution < 1.29 is 14.3 Å². The highest BCUT2D eigenvalue weighted by molar-refractivity contribution is 7.98. The maximum atomic E-state index is 11.3. The van der Waals surface area contributed by atoms with Crippen molar-refractivity contribution in [1.82, 2.24) is 0 Å². The average Bonchev–Trinajstić information content (AvgIpc) is 2.32. The Bertz CT molecular complexity index is 357. The average molecular weight is 255 g/mol. The van der Waals surface area contributed by atoms with E-state index in [1.807, 2.05) is 6.26 Å². The molecule has 1 aromatic carbocycles. The first-order valence-corrected chi connectivity index (χ1v) is 6.74. The molecule has 2 N–H and O–H groups in total. The summed E-state index contributed by atoms with van der Waals surface area (Å²) < 4.78 is 10.2. The van der Waals surface area contributed by atoms with Crippen molar-refractivity contribution in [3.05, 3.63) is 24.3 Å². The third-order valence-corrected chi connectivity index (χ3v) is 2.67. The van der Waals surface area contributed by atoms with Gasteiger partial charge in [-0.05, 0) is 30.6 Å². The highest BCUT2D eigenvalue weighted by Gasteiger charge is 2.03. The van der Waals surface area contributed by atoms with Gasteiger partial charge in [0.15, 0.2) is 6.61 Å². The van der Waals surface area contributed by atoms with Crippen LogP contribution in [0.4, 0.5) is 5.69 Å². The predicted molar refractivity (Wildman–Crippen MR) is 70.3 cm³/mol. The van der Waals surface area contributed by atoms with Gasteiger partial charge in [-0.2, -0.15) is 11.8 Å². The van der Waals surface area contributed by atoms with Crippen LogP contribution in [0.5, 0.6) is 5.75 Å². The largest absolute Gasteiger partial charge is 0.482 e. The van der Waals surface area contributed by atoms with Crippen LogP contribution in [-0.2, 0) is 9.53 Å². The minimum absolute atomic E-state index is 0.0806. The Hall–Kier alpha value is -1.36. The van der Waals surface area contributed by atoms with Crippen molar-refractivity contribution in [3.63, 3.8) is 0 Å². The maximum Gasteiger partial charge on any atom is 0.344 e. The molecule has 0 aliphatic heterocycles. The van der Waals surface area contributed by atoms with Crippen molar-refractivity contribution in [3.8, 4) is 5.75 Å². The molecule has 0 saturated heterocycles. The lowest BCUT2D eigenvalue weighted by atomic mass is 10.3. The van der Waals surface area contributed by atoms with Crippen molar-refractivity contribution >= 4 is 23.4 Å². The van der Waals surface area contributed by atoms with Crippen LogP contribution in [0.15, 0.2) is 24.3 Å². The molecule has 0 unspecified atom stereocenters. The van der Waals surface area contributed by atoms with Crippen LogP contribution in [-0.4, -0.2) is 31.2 Å². The predicted octanol–water partition coefficient (Wildman–Crippen LogP) is 1.94. The monoisotopic (exact) mass is 255 g/mol. The molecular weight excluding hydrogens is 238 g/mol. The Labute approximate surface area is 105 Å². The minimum Gasteiger partial charge on any atom is -0.482 e. The molecule has 1 aromatic rings. The highest BCUT2D eigenvalue weighted by atomic mass is 32.2. The van der Waals surface area contributed by atoms with E-state index in [-0.39, 0.29) is 12.6 Å². The summed E-state index contributed by atoms with van der Waals surface area (Å²) in [4.78, 5) is 11.3. The Morgan fingerprint density at radius 3 is 3.00 bits per heavy atom. The number of carbonyl (C=O) groups excluding carboxylic acids is 1. The summed E-state index contributed by atoms with van der Waals surface area (Å²) in [5, 5.41) is 0. The van der Waals surface area contributed by atoms with Crippen molar-refractivity contribution in [2.75, 3.05) is 31.0 Å². The van der Waals surface area contributed by atoms with Gasteiger partial charge in [-0.3, -0.25) is 0 Å². The number of esters is 1. The molecule has 0 aliphatic rings. The number of nitrogen functional groups attached to an aromatic ring is 1. The molecule has 0 bridgehead atoms. The van der Waals surface area contributed by atoms with Crippen LogP contribution >= 0.6 is 11.8 Å². The highest BCUT2D eigenvalue weighted by Crippen LogP contribution is 2.14. The van der Waals surface area contributed by atoms with Gasteiger partial charge in [0.2, 0.25) is 0 Å². The fourth-order valence-electron chi connectivity index (χ4n) is 1.18. The molecule has 0 fully saturated rings. The zero-order valence-electron chi connectivity index (χ0n) is 9.85. The second-order valence-corrected chi connectivity index (χ2v) is 4.41. The van der Waals surface area contributed by atoms with Gasteiger partial charge in [-0.25, -0.2) is 4.79 Å². The molecule has 0 heterocycles. The lowest BCUT2D eigenvalue weighted by Gasteiger charge is -2.07. The molecule has 94 valence electrons. The topological polar surface area (TPSA) is 61.5 Å². The summed E-state index contributed by atoms with van der Waals surface area (Å²) in [6.45, 7) is 0.364. The SMILES string of the molecule is CSCCCOC(=O)COc1cccc(N)c1. The van der Waals surface area contributed by atoms with Crippen molar-refractivity contribution in [2.45, 2.75) is 6.42 Å². The molecule has 0 amide bonds. The van der Waals surface area contributed by atoms with Crippen LogP contribution in [0.3, 0.4) is 0 Å². The van der Waals surface area contributed by atoms with Gasteiger partial charge in [0.05, 0.1) is 6.61 Å². The van der Waals surface area contributed by atoms with E-state index in [2.05, 4.69) is 0 Å². The second kappa shape index (κ2) is 7.84. The number of nitrogens with two attached hydrogens (primary N) is 1. The number of rotatable bonds is 7. The Kier molecular flexibility index (Phi) is 6.32. The number of carbonyl (C=O) groups is 1. The molecule has 0 saturated carbocycles. The summed E-state index contributed by atoms with van der Waals surface area (Å²) in [5.41, 5.74) is 6.19. The standard InChI is InChI=1S/C12H17NO3S/c1-17-7-3-6-15-12(14)9-16-11-5-2-4-10(13)8-11/h2,4-5,8H,3,6-7,9,13H2,1H3. The molecule has 0 radical (unpaired) electrons. The first kappa shape index (κ1) is 13.7. The third kappa shape index (κ3) is 6.06. The van der Waals surface area contributed by atoms with Crippen molar-refractivity contribution in [2.24, 2.45) is 0 Å². The van der Waals surface area contributed by atoms with Crippen LogP contribution < -0.4 is 10.5 Å². The minimum atomic E-state index is -0.353. The first-order valence-electron chi connectivity index (χ1n) is 5.35. The lowest BCUT2D eigenvalue weighted by molar-refractivity contribution is -0.145. The molecule has 17 heavy (non-hydrogen) atoms. The number of hydrogen-bond acceptors (Lipinski definition) is 5. The second-order valence-electron chi connectivity index (χ2n) is 3.43. The Balaban J connectivity index is 2.19. The van der Waals surface area contributed by atoms with Gasteiger partial charge in [0.25, 0.3) is 0 Å². The molecule has 0 atom stereocenters. The molecule has 0 spiro atoms. The third-order valence-electron chi connectivity index (χ3n) is 1.97. The van der Waals surface area contributed by atoms with E-state index in [1.165, 1.54) is 0 Å². The molecule has 1 rings (SSSR count). The summed E-state index contributed by atoms with van der Waals surface area (Å²) in [6, 6.07) is 6.94. The molecule has 4 nitrogen and oxygen atoms in total. The van der Waals surface area contributed by atoms with Gasteiger partial charge in [-0.1, -0.05) is 6.07 Å². The van der Waals surface area contributed by atoms with E-state index >= 15 is 0 Å². The fourth-order valence-corrected chi connectivity index (χ4v) is 1.58. The molecule has 0 aliphatic carbocycles. The van der Waals surface area contributed by atoms with E-state index in [9.17, 15) is 4.79 Å². The first-order chi connectivity index (χ1) is 8.22. The lowest BCUT2D eigenvalue weighted by Crippen LogP contribution is -2.15. The summed E-state index contributed by atoms with van der Waals surface area (Å²) in [6.07, 6.45) is 2.88. The van der Waals surface area contributed by atoms with Gasteiger partial charge < -0.3 is 15.2 Å². The van der Waals surface area contributed by atoms with Crippen LogP contribution in [0.1, 0.15) is 6.42 Å². The molecule has 0 aromatic heterocycles.